The van der Waals surface area contributed by atoms with Crippen LogP contribution in [0.3, 0.4) is 0 Å². The second-order valence-corrected chi connectivity index (χ2v) is 11.4. The molecule has 3 aliphatic heterocycles. The maximum Gasteiger partial charge on any atom is 0.238 e. The Hall–Kier alpha value is -4.49. The molecule has 1 spiro atoms. The zero-order chi connectivity index (χ0) is 28.3. The van der Waals surface area contributed by atoms with Crippen molar-refractivity contribution in [2.45, 2.75) is 17.5 Å². The van der Waals surface area contributed by atoms with Gasteiger partial charge >= 0.3 is 0 Å². The Balaban J connectivity index is 1.52. The molecule has 7 heteroatoms. The quantitative estimate of drug-likeness (QED) is 0.270. The van der Waals surface area contributed by atoms with Crippen LogP contribution in [-0.2, 0) is 10.2 Å². The summed E-state index contributed by atoms with van der Waals surface area (Å²) in [7, 11) is 1.57. The number of hydrogen-bond acceptors (Lipinski definition) is 5. The summed E-state index contributed by atoms with van der Waals surface area (Å²) in [6.45, 7) is 0. The molecule has 1 N–H and O–H groups in total. The lowest BCUT2D eigenvalue weighted by molar-refractivity contribution is -0.121. The molecular weight excluding hydrogens is 580 g/mol. The number of ketones is 2. The number of carbonyl (C=O) groups excluding carboxylic acids is 3. The zero-order valence-electron chi connectivity index (χ0n) is 22.1. The molecule has 3 heterocycles. The van der Waals surface area contributed by atoms with Gasteiger partial charge in [0, 0.05) is 27.0 Å². The van der Waals surface area contributed by atoms with Crippen molar-refractivity contribution in [3.05, 3.63) is 130 Å². The van der Waals surface area contributed by atoms with Crippen molar-refractivity contribution in [3.63, 3.8) is 0 Å². The third-order valence-corrected chi connectivity index (χ3v) is 9.12. The summed E-state index contributed by atoms with van der Waals surface area (Å²) in [6, 6.07) is 27.8. The third kappa shape index (κ3) is 3.65. The van der Waals surface area contributed by atoms with E-state index in [4.69, 9.17) is 4.74 Å². The van der Waals surface area contributed by atoms with Gasteiger partial charge in [-0.05, 0) is 59.7 Å². The Kier molecular flexibility index (Phi) is 5.94. The largest absolute Gasteiger partial charge is 0.497 e. The number of methoxy groups -OCH3 is 1. The molecule has 1 amide bonds. The molecule has 0 radical (unpaired) electrons. The van der Waals surface area contributed by atoms with Crippen LogP contribution in [0.4, 0.5) is 11.4 Å². The van der Waals surface area contributed by atoms with E-state index in [0.717, 1.165) is 21.3 Å². The molecule has 3 aliphatic rings. The van der Waals surface area contributed by atoms with Crippen molar-refractivity contribution in [2.75, 3.05) is 17.3 Å². The van der Waals surface area contributed by atoms with E-state index in [9.17, 15) is 14.4 Å². The van der Waals surface area contributed by atoms with Gasteiger partial charge in [0.15, 0.2) is 11.6 Å². The van der Waals surface area contributed by atoms with E-state index in [1.54, 1.807) is 43.5 Å². The average Bonchev–Trinajstić information content (AvgIpc) is 3.49. The summed E-state index contributed by atoms with van der Waals surface area (Å²) in [6.07, 6.45) is 3.97. The minimum Gasteiger partial charge on any atom is -0.497 e. The first kappa shape index (κ1) is 25.5. The van der Waals surface area contributed by atoms with Gasteiger partial charge < -0.3 is 15.0 Å². The number of Topliss-reactive ketones (excluding diaryl/α,β-unsaturated/α-hetero) is 2. The first-order chi connectivity index (χ1) is 19.9. The number of para-hydroxylation sites is 2. The number of rotatable bonds is 5. The van der Waals surface area contributed by atoms with Crippen molar-refractivity contribution in [3.8, 4) is 5.75 Å². The van der Waals surface area contributed by atoms with E-state index in [0.29, 0.717) is 22.6 Å². The third-order valence-electron chi connectivity index (χ3n) is 8.60. The van der Waals surface area contributed by atoms with E-state index >= 15 is 0 Å². The van der Waals surface area contributed by atoms with Gasteiger partial charge in [-0.25, -0.2) is 0 Å². The number of carbonyl (C=O) groups is 3. The normalized spacial score (nSPS) is 23.5. The Labute approximate surface area is 245 Å². The zero-order valence-corrected chi connectivity index (χ0v) is 23.7. The summed E-state index contributed by atoms with van der Waals surface area (Å²) in [5, 5.41) is 3.06. The summed E-state index contributed by atoms with van der Waals surface area (Å²) in [5.74, 6) is -1.17. The first-order valence-electron chi connectivity index (χ1n) is 13.4. The predicted molar refractivity (Wildman–Crippen MR) is 162 cm³/mol. The molecule has 1 saturated heterocycles. The number of anilines is 2. The van der Waals surface area contributed by atoms with Crippen LogP contribution in [-0.4, -0.2) is 36.7 Å². The van der Waals surface area contributed by atoms with Crippen LogP contribution in [0.5, 0.6) is 5.75 Å². The van der Waals surface area contributed by atoms with Crippen molar-refractivity contribution < 1.29 is 19.1 Å². The lowest BCUT2D eigenvalue weighted by Gasteiger charge is -2.37. The summed E-state index contributed by atoms with van der Waals surface area (Å²) >= 11 is 3.46. The van der Waals surface area contributed by atoms with Gasteiger partial charge in [0.2, 0.25) is 5.91 Å². The van der Waals surface area contributed by atoms with Crippen LogP contribution in [0.2, 0.25) is 0 Å². The summed E-state index contributed by atoms with van der Waals surface area (Å²) < 4.78 is 6.17. The maximum absolute atomic E-state index is 14.8. The molecule has 202 valence electrons. The van der Waals surface area contributed by atoms with Gasteiger partial charge in [-0.1, -0.05) is 76.6 Å². The molecule has 4 atom stereocenters. The van der Waals surface area contributed by atoms with E-state index in [1.807, 2.05) is 77.7 Å². The van der Waals surface area contributed by atoms with Crippen molar-refractivity contribution in [1.82, 2.24) is 0 Å². The second-order valence-electron chi connectivity index (χ2n) is 10.5. The van der Waals surface area contributed by atoms with E-state index < -0.39 is 23.4 Å². The second kappa shape index (κ2) is 9.56. The highest BCUT2D eigenvalue weighted by Gasteiger charge is 2.70. The van der Waals surface area contributed by atoms with Gasteiger partial charge in [-0.3, -0.25) is 14.4 Å². The average molecular weight is 605 g/mol. The minimum absolute atomic E-state index is 0.214. The topological polar surface area (TPSA) is 75.7 Å². The number of hydrogen-bond donors (Lipinski definition) is 1. The smallest absolute Gasteiger partial charge is 0.238 e. The fourth-order valence-electron chi connectivity index (χ4n) is 6.84. The van der Waals surface area contributed by atoms with E-state index in [-0.39, 0.29) is 17.5 Å². The Morgan fingerprint density at radius 2 is 1.51 bits per heavy atom. The maximum atomic E-state index is 14.8. The highest BCUT2D eigenvalue weighted by atomic mass is 79.9. The Bertz CT molecular complexity index is 1750. The number of halogens is 1. The fourth-order valence-corrected chi connectivity index (χ4v) is 7.10. The summed E-state index contributed by atoms with van der Waals surface area (Å²) in [5.41, 5.74) is 2.68. The summed E-state index contributed by atoms with van der Waals surface area (Å²) in [4.78, 5) is 45.8. The minimum atomic E-state index is -1.34. The fraction of sp³-hybridized carbons (Fsp3) is 0.147. The lowest BCUT2D eigenvalue weighted by Crippen LogP contribution is -2.51. The molecule has 0 aliphatic carbocycles. The Morgan fingerprint density at radius 1 is 0.854 bits per heavy atom. The van der Waals surface area contributed by atoms with E-state index in [2.05, 4.69) is 21.2 Å². The number of amides is 1. The molecule has 4 unspecified atom stereocenters. The molecule has 4 aromatic rings. The van der Waals surface area contributed by atoms with Gasteiger partial charge in [0.05, 0.1) is 19.1 Å². The number of ether oxygens (including phenoxy) is 1. The molecular formula is C34H25BrN2O4. The monoisotopic (exact) mass is 604 g/mol. The first-order valence-corrected chi connectivity index (χ1v) is 14.2. The van der Waals surface area contributed by atoms with Crippen LogP contribution >= 0.6 is 15.9 Å². The van der Waals surface area contributed by atoms with E-state index in [1.165, 1.54) is 0 Å². The van der Waals surface area contributed by atoms with Crippen LogP contribution < -0.4 is 15.0 Å². The van der Waals surface area contributed by atoms with Crippen molar-refractivity contribution in [1.29, 1.82) is 0 Å². The number of fused-ring (bicyclic) bond motifs is 6. The standard InChI is InChI=1S/C34H25BrN2O4/c1-41-24-17-12-21(13-18-24)31(38)29-30(32(39)22-10-15-23(35)16-11-22)37-27-9-5-2-6-20(27)14-19-28(37)34(29)25-7-3-4-8-26(25)36-33(34)40/h2-19,28-30H,1H3,(H,36,40). The number of benzene rings is 4. The highest BCUT2D eigenvalue weighted by molar-refractivity contribution is 9.10. The van der Waals surface area contributed by atoms with Crippen LogP contribution in [0.25, 0.3) is 6.08 Å². The highest BCUT2D eigenvalue weighted by Crippen LogP contribution is 2.58. The molecule has 7 rings (SSSR count). The van der Waals surface area contributed by atoms with Crippen LogP contribution in [0.15, 0.2) is 108 Å². The Morgan fingerprint density at radius 3 is 2.27 bits per heavy atom. The molecule has 0 bridgehead atoms. The number of nitrogens with one attached hydrogen (secondary N) is 1. The molecule has 4 aromatic carbocycles. The molecule has 0 aromatic heterocycles. The van der Waals surface area contributed by atoms with Crippen LogP contribution in [0, 0.1) is 5.92 Å². The van der Waals surface area contributed by atoms with Crippen molar-refractivity contribution in [2.24, 2.45) is 5.92 Å². The molecule has 1 fully saturated rings. The van der Waals surface area contributed by atoms with Gasteiger partial charge in [-0.2, -0.15) is 0 Å². The molecule has 0 saturated carbocycles. The van der Waals surface area contributed by atoms with Crippen molar-refractivity contribution >= 4 is 50.9 Å². The van der Waals surface area contributed by atoms with Gasteiger partial charge in [0.1, 0.15) is 17.2 Å². The van der Waals surface area contributed by atoms with Crippen LogP contribution in [0.1, 0.15) is 31.8 Å². The SMILES string of the molecule is COc1ccc(C(=O)C2C(C(=O)c3ccc(Br)cc3)N3c4ccccc4C=CC3C23C(=O)Nc2ccccc23)cc1. The molecule has 6 nitrogen and oxygen atoms in total. The molecule has 41 heavy (non-hydrogen) atoms. The lowest BCUT2D eigenvalue weighted by atomic mass is 9.64. The predicted octanol–water partition coefficient (Wildman–Crippen LogP) is 6.31. The van der Waals surface area contributed by atoms with Gasteiger partial charge in [-0.15, -0.1) is 0 Å². The number of nitrogens with zero attached hydrogens (tertiary/aromatic N) is 1. The van der Waals surface area contributed by atoms with Gasteiger partial charge in [0.25, 0.3) is 0 Å².